The second kappa shape index (κ2) is 2.86. The molecule has 1 aromatic carbocycles. The van der Waals surface area contributed by atoms with Gasteiger partial charge in [0.2, 0.25) is 5.56 Å². The zero-order chi connectivity index (χ0) is 10.4. The lowest BCUT2D eigenvalue weighted by Crippen LogP contribution is -2.05. The van der Waals surface area contributed by atoms with Gasteiger partial charge in [0.05, 0.1) is 12.6 Å². The highest BCUT2D eigenvalue weighted by atomic mass is 16.5. The van der Waals surface area contributed by atoms with Crippen LogP contribution in [-0.4, -0.2) is 12.1 Å². The standard InChI is InChI=1S/C12H11NO2/c1-15-9-5-4-7-2-3-8-6-10(14)13-12(9)11(7)8/h4-6H,2-3H2,1H3,(H,13,14). The number of aryl methyl sites for hydroxylation is 2. The first-order chi connectivity index (χ1) is 7.29. The van der Waals surface area contributed by atoms with Crippen LogP contribution < -0.4 is 10.3 Å². The molecule has 1 heterocycles. The van der Waals surface area contributed by atoms with Gasteiger partial charge in [-0.1, -0.05) is 6.07 Å². The van der Waals surface area contributed by atoms with Gasteiger partial charge in [0.15, 0.2) is 0 Å². The Balaban J connectivity index is 2.53. The predicted octanol–water partition coefficient (Wildman–Crippen LogP) is 1.64. The number of methoxy groups -OCH3 is 1. The molecule has 0 fully saturated rings. The van der Waals surface area contributed by atoms with Crippen molar-refractivity contribution in [1.29, 1.82) is 0 Å². The molecule has 3 heteroatoms. The summed E-state index contributed by atoms with van der Waals surface area (Å²) in [6.07, 6.45) is 1.98. The molecule has 0 radical (unpaired) electrons. The first kappa shape index (κ1) is 8.53. The molecular formula is C12H11NO2. The maximum absolute atomic E-state index is 11.4. The van der Waals surface area contributed by atoms with Crippen molar-refractivity contribution < 1.29 is 4.74 Å². The van der Waals surface area contributed by atoms with Gasteiger partial charge in [-0.25, -0.2) is 0 Å². The zero-order valence-corrected chi connectivity index (χ0v) is 8.46. The number of rotatable bonds is 1. The van der Waals surface area contributed by atoms with Crippen LogP contribution in [0, 0.1) is 0 Å². The zero-order valence-electron chi connectivity index (χ0n) is 8.46. The molecule has 0 amide bonds. The van der Waals surface area contributed by atoms with Crippen LogP contribution in [0.2, 0.25) is 0 Å². The SMILES string of the molecule is COc1ccc2c3c(cc(=O)[nH]c13)CC2. The lowest BCUT2D eigenvalue weighted by molar-refractivity contribution is 0.419. The van der Waals surface area contributed by atoms with Crippen molar-refractivity contribution in [3.05, 3.63) is 39.7 Å². The van der Waals surface area contributed by atoms with Gasteiger partial charge in [-0.15, -0.1) is 0 Å². The summed E-state index contributed by atoms with van der Waals surface area (Å²) >= 11 is 0. The largest absolute Gasteiger partial charge is 0.495 e. The van der Waals surface area contributed by atoms with Crippen molar-refractivity contribution in [2.75, 3.05) is 7.11 Å². The van der Waals surface area contributed by atoms with Gasteiger partial charge in [0, 0.05) is 11.5 Å². The smallest absolute Gasteiger partial charge is 0.248 e. The van der Waals surface area contributed by atoms with Gasteiger partial charge in [0.25, 0.3) is 0 Å². The topological polar surface area (TPSA) is 42.1 Å². The Bertz CT molecular complexity index is 598. The van der Waals surface area contributed by atoms with Crippen molar-refractivity contribution in [2.24, 2.45) is 0 Å². The summed E-state index contributed by atoms with van der Waals surface area (Å²) in [4.78, 5) is 14.3. The van der Waals surface area contributed by atoms with Crippen LogP contribution in [0.1, 0.15) is 11.1 Å². The Hall–Kier alpha value is -1.77. The molecule has 0 aliphatic heterocycles. The minimum Gasteiger partial charge on any atom is -0.495 e. The summed E-state index contributed by atoms with van der Waals surface area (Å²) in [5.74, 6) is 0.745. The highest BCUT2D eigenvalue weighted by Gasteiger charge is 2.17. The molecular weight excluding hydrogens is 190 g/mol. The van der Waals surface area contributed by atoms with Crippen LogP contribution in [0.5, 0.6) is 5.75 Å². The Kier molecular flexibility index (Phi) is 1.63. The molecule has 0 saturated heterocycles. The number of aromatic amines is 1. The minimum atomic E-state index is -0.0464. The van der Waals surface area contributed by atoms with Crippen LogP contribution in [-0.2, 0) is 12.8 Å². The average Bonchev–Trinajstić information content (AvgIpc) is 2.63. The monoisotopic (exact) mass is 201 g/mol. The number of nitrogens with one attached hydrogen (secondary N) is 1. The van der Waals surface area contributed by atoms with Gasteiger partial charge in [-0.3, -0.25) is 4.79 Å². The van der Waals surface area contributed by atoms with E-state index in [9.17, 15) is 4.79 Å². The fraction of sp³-hybridized carbons (Fsp3) is 0.250. The van der Waals surface area contributed by atoms with Crippen LogP contribution in [0.25, 0.3) is 10.9 Å². The summed E-state index contributed by atoms with van der Waals surface area (Å²) in [5.41, 5.74) is 3.24. The van der Waals surface area contributed by atoms with Crippen LogP contribution in [0.15, 0.2) is 23.0 Å². The van der Waals surface area contributed by atoms with Gasteiger partial charge in [0.1, 0.15) is 5.75 Å². The summed E-state index contributed by atoms with van der Waals surface area (Å²) in [6.45, 7) is 0. The highest BCUT2D eigenvalue weighted by Crippen LogP contribution is 2.33. The van der Waals surface area contributed by atoms with Crippen molar-refractivity contribution in [3.63, 3.8) is 0 Å². The number of hydrogen-bond acceptors (Lipinski definition) is 2. The van der Waals surface area contributed by atoms with Crippen molar-refractivity contribution in [3.8, 4) is 5.75 Å². The summed E-state index contributed by atoms with van der Waals surface area (Å²) in [6, 6.07) is 5.69. The molecule has 1 N–H and O–H groups in total. The number of aromatic nitrogens is 1. The molecule has 1 aliphatic rings. The Morgan fingerprint density at radius 2 is 2.07 bits per heavy atom. The van der Waals surface area contributed by atoms with Gasteiger partial charge >= 0.3 is 0 Å². The van der Waals surface area contributed by atoms with E-state index in [0.29, 0.717) is 0 Å². The molecule has 2 aromatic rings. The second-order valence-corrected chi connectivity index (χ2v) is 3.84. The molecule has 3 nitrogen and oxygen atoms in total. The van der Waals surface area contributed by atoms with E-state index in [1.165, 1.54) is 10.9 Å². The van der Waals surface area contributed by atoms with E-state index in [-0.39, 0.29) is 5.56 Å². The Morgan fingerprint density at radius 1 is 1.27 bits per heavy atom. The van der Waals surface area contributed by atoms with Crippen LogP contribution >= 0.6 is 0 Å². The maximum atomic E-state index is 11.4. The van der Waals surface area contributed by atoms with Gasteiger partial charge < -0.3 is 9.72 Å². The Labute approximate surface area is 86.7 Å². The molecule has 0 atom stereocenters. The van der Waals surface area contributed by atoms with E-state index in [1.54, 1.807) is 13.2 Å². The van der Waals surface area contributed by atoms with E-state index in [1.807, 2.05) is 6.07 Å². The van der Waals surface area contributed by atoms with Gasteiger partial charge in [-0.2, -0.15) is 0 Å². The average molecular weight is 201 g/mol. The number of benzene rings is 1. The third-order valence-corrected chi connectivity index (χ3v) is 3.01. The first-order valence-electron chi connectivity index (χ1n) is 5.01. The third kappa shape index (κ3) is 1.09. The van der Waals surface area contributed by atoms with E-state index in [0.717, 1.165) is 29.7 Å². The summed E-state index contributed by atoms with van der Waals surface area (Å²) in [7, 11) is 1.62. The quantitative estimate of drug-likeness (QED) is 0.762. The number of hydrogen-bond donors (Lipinski definition) is 1. The molecule has 3 rings (SSSR count). The van der Waals surface area contributed by atoms with Crippen molar-refractivity contribution in [1.82, 2.24) is 4.98 Å². The molecule has 0 saturated carbocycles. The lowest BCUT2D eigenvalue weighted by atomic mass is 10.1. The van der Waals surface area contributed by atoms with Crippen molar-refractivity contribution in [2.45, 2.75) is 12.8 Å². The molecule has 76 valence electrons. The molecule has 0 unspecified atom stereocenters. The maximum Gasteiger partial charge on any atom is 0.248 e. The molecule has 0 bridgehead atoms. The minimum absolute atomic E-state index is 0.0464. The summed E-state index contributed by atoms with van der Waals surface area (Å²) < 4.78 is 5.25. The van der Waals surface area contributed by atoms with Crippen molar-refractivity contribution >= 4 is 10.9 Å². The van der Waals surface area contributed by atoms with Crippen LogP contribution in [0.4, 0.5) is 0 Å². The molecule has 1 aromatic heterocycles. The van der Waals surface area contributed by atoms with E-state index in [4.69, 9.17) is 4.74 Å². The second-order valence-electron chi connectivity index (χ2n) is 3.84. The fourth-order valence-corrected chi connectivity index (χ4v) is 2.35. The third-order valence-electron chi connectivity index (χ3n) is 3.01. The van der Waals surface area contributed by atoms with Crippen LogP contribution in [0.3, 0.4) is 0 Å². The Morgan fingerprint density at radius 3 is 2.87 bits per heavy atom. The molecule has 0 spiro atoms. The van der Waals surface area contributed by atoms with E-state index < -0.39 is 0 Å². The van der Waals surface area contributed by atoms with E-state index in [2.05, 4.69) is 11.1 Å². The molecule has 15 heavy (non-hydrogen) atoms. The summed E-state index contributed by atoms with van der Waals surface area (Å²) in [5, 5.41) is 1.17. The predicted molar refractivity (Wildman–Crippen MR) is 58.5 cm³/mol. The number of pyridine rings is 1. The van der Waals surface area contributed by atoms with E-state index >= 15 is 0 Å². The molecule has 1 aliphatic carbocycles. The first-order valence-corrected chi connectivity index (χ1v) is 5.01. The lowest BCUT2D eigenvalue weighted by Gasteiger charge is -2.06. The fourth-order valence-electron chi connectivity index (χ4n) is 2.35. The highest BCUT2D eigenvalue weighted by molar-refractivity contribution is 5.91. The van der Waals surface area contributed by atoms with Gasteiger partial charge in [-0.05, 0) is 30.0 Å². The normalized spacial score (nSPS) is 13.4. The number of ether oxygens (including phenoxy) is 1. The number of H-pyrrole nitrogens is 1.